The van der Waals surface area contributed by atoms with Crippen molar-refractivity contribution in [1.29, 1.82) is 0 Å². The van der Waals surface area contributed by atoms with E-state index in [1.807, 2.05) is 24.3 Å². The van der Waals surface area contributed by atoms with Crippen molar-refractivity contribution >= 4 is 21.9 Å². The number of rotatable bonds is 3. The van der Waals surface area contributed by atoms with Gasteiger partial charge in [-0.2, -0.15) is 0 Å². The quantitative estimate of drug-likeness (QED) is 0.843. The van der Waals surface area contributed by atoms with E-state index in [0.29, 0.717) is 0 Å². The summed E-state index contributed by atoms with van der Waals surface area (Å²) in [6.07, 6.45) is 1.55. The minimum absolute atomic E-state index is 0.565. The maximum absolute atomic E-state index is 11.0. The number of hydrogen-bond acceptors (Lipinski definition) is 1. The van der Waals surface area contributed by atoms with E-state index in [4.69, 9.17) is 5.11 Å². The van der Waals surface area contributed by atoms with Crippen LogP contribution in [0.4, 0.5) is 0 Å². The molecule has 0 aliphatic heterocycles. The summed E-state index contributed by atoms with van der Waals surface area (Å²) in [4.78, 5) is 11.0. The lowest BCUT2D eigenvalue weighted by Crippen LogP contribution is -2.19. The summed E-state index contributed by atoms with van der Waals surface area (Å²) in [5.74, 6) is -0.691. The Labute approximate surface area is 91.1 Å². The highest BCUT2D eigenvalue weighted by atomic mass is 79.9. The molecule has 0 unspecified atom stereocenters. The Morgan fingerprint density at radius 2 is 1.93 bits per heavy atom. The van der Waals surface area contributed by atoms with Gasteiger partial charge in [-0.1, -0.05) is 40.2 Å². The number of halogens is 1. The van der Waals surface area contributed by atoms with Gasteiger partial charge in [0.2, 0.25) is 0 Å². The molecule has 14 heavy (non-hydrogen) atoms. The number of aliphatic carboxylic acids is 1. The van der Waals surface area contributed by atoms with Crippen LogP contribution in [0, 0.1) is 0 Å². The van der Waals surface area contributed by atoms with E-state index in [1.54, 1.807) is 0 Å². The fraction of sp³-hybridized carbons (Fsp3) is 0.364. The van der Waals surface area contributed by atoms with Crippen molar-refractivity contribution in [3.63, 3.8) is 0 Å². The van der Waals surface area contributed by atoms with Gasteiger partial charge in [-0.3, -0.25) is 4.79 Å². The number of benzene rings is 1. The third-order valence-electron chi connectivity index (χ3n) is 2.82. The van der Waals surface area contributed by atoms with Crippen molar-refractivity contribution in [3.05, 3.63) is 35.4 Å². The maximum atomic E-state index is 11.0. The van der Waals surface area contributed by atoms with Gasteiger partial charge in [0.25, 0.3) is 0 Å². The van der Waals surface area contributed by atoms with E-state index in [1.165, 1.54) is 5.56 Å². The van der Waals surface area contributed by atoms with Crippen molar-refractivity contribution in [1.82, 2.24) is 0 Å². The molecule has 0 aromatic heterocycles. The van der Waals surface area contributed by atoms with E-state index >= 15 is 0 Å². The molecule has 0 radical (unpaired) electrons. The molecule has 3 heteroatoms. The van der Waals surface area contributed by atoms with Gasteiger partial charge in [-0.05, 0) is 24.0 Å². The zero-order chi connectivity index (χ0) is 10.2. The normalized spacial score (nSPS) is 17.8. The molecule has 1 fully saturated rings. The van der Waals surface area contributed by atoms with Crippen LogP contribution in [0.3, 0.4) is 0 Å². The topological polar surface area (TPSA) is 37.3 Å². The molecule has 2 rings (SSSR count). The van der Waals surface area contributed by atoms with Crippen LogP contribution in [0.25, 0.3) is 0 Å². The van der Waals surface area contributed by atoms with Gasteiger partial charge in [-0.15, -0.1) is 0 Å². The Bertz CT molecular complexity index is 352. The minimum Gasteiger partial charge on any atom is -0.481 e. The molecule has 74 valence electrons. The Kier molecular flexibility index (Phi) is 2.35. The van der Waals surface area contributed by atoms with E-state index in [-0.39, 0.29) is 0 Å². The van der Waals surface area contributed by atoms with E-state index in [2.05, 4.69) is 15.9 Å². The molecule has 0 amide bonds. The molecular formula is C11H11BrO2. The Morgan fingerprint density at radius 1 is 1.36 bits per heavy atom. The Hall–Kier alpha value is -0.830. The molecule has 0 atom stereocenters. The highest BCUT2D eigenvalue weighted by Gasteiger charge is 2.51. The number of alkyl halides is 1. The fourth-order valence-corrected chi connectivity index (χ4v) is 2.04. The molecule has 0 heterocycles. The zero-order valence-corrected chi connectivity index (χ0v) is 9.25. The monoisotopic (exact) mass is 254 g/mol. The van der Waals surface area contributed by atoms with Crippen molar-refractivity contribution in [2.75, 3.05) is 0 Å². The highest BCUT2D eigenvalue weighted by Crippen LogP contribution is 2.48. The second kappa shape index (κ2) is 3.39. The average Bonchev–Trinajstić information content (AvgIpc) is 2.99. The second-order valence-electron chi connectivity index (χ2n) is 3.72. The molecule has 0 bridgehead atoms. The highest BCUT2D eigenvalue weighted by molar-refractivity contribution is 9.08. The second-order valence-corrected chi connectivity index (χ2v) is 4.28. The average molecular weight is 255 g/mol. The third kappa shape index (κ3) is 1.46. The molecule has 1 aliphatic carbocycles. The van der Waals surface area contributed by atoms with Gasteiger partial charge in [0.05, 0.1) is 5.41 Å². The van der Waals surface area contributed by atoms with Crippen LogP contribution in [-0.2, 0) is 15.5 Å². The number of carboxylic acids is 1. The molecule has 1 aromatic rings. The Balaban J connectivity index is 2.29. The predicted molar refractivity (Wildman–Crippen MR) is 57.6 cm³/mol. The maximum Gasteiger partial charge on any atom is 0.314 e. The SMILES string of the molecule is O=C(O)C1(c2ccc(CBr)cc2)CC1. The molecule has 0 saturated heterocycles. The standard InChI is InChI=1S/C11H11BrO2/c12-7-8-1-3-9(4-2-8)11(5-6-11)10(13)14/h1-4H,5-7H2,(H,13,14). The van der Waals surface area contributed by atoms with Crippen molar-refractivity contribution in [3.8, 4) is 0 Å². The van der Waals surface area contributed by atoms with Crippen molar-refractivity contribution in [2.45, 2.75) is 23.6 Å². The van der Waals surface area contributed by atoms with Gasteiger partial charge < -0.3 is 5.11 Å². The van der Waals surface area contributed by atoms with E-state index in [0.717, 1.165) is 23.7 Å². The van der Waals surface area contributed by atoms with Crippen molar-refractivity contribution < 1.29 is 9.90 Å². The first-order valence-electron chi connectivity index (χ1n) is 4.58. The lowest BCUT2D eigenvalue weighted by Gasteiger charge is -2.09. The van der Waals surface area contributed by atoms with Crippen molar-refractivity contribution in [2.24, 2.45) is 0 Å². The fourth-order valence-electron chi connectivity index (χ4n) is 1.66. The first-order chi connectivity index (χ1) is 6.69. The van der Waals surface area contributed by atoms with Gasteiger partial charge in [0.1, 0.15) is 0 Å². The summed E-state index contributed by atoms with van der Waals surface area (Å²) in [6.45, 7) is 0. The van der Waals surface area contributed by atoms with Crippen LogP contribution in [0.15, 0.2) is 24.3 Å². The third-order valence-corrected chi connectivity index (χ3v) is 3.47. The van der Waals surface area contributed by atoms with Crippen LogP contribution in [0.1, 0.15) is 24.0 Å². The van der Waals surface area contributed by atoms with Crippen LogP contribution < -0.4 is 0 Å². The van der Waals surface area contributed by atoms with Crippen LogP contribution >= 0.6 is 15.9 Å². The first-order valence-corrected chi connectivity index (χ1v) is 5.70. The zero-order valence-electron chi connectivity index (χ0n) is 7.66. The summed E-state index contributed by atoms with van der Waals surface area (Å²) >= 11 is 3.36. The van der Waals surface area contributed by atoms with Gasteiger partial charge >= 0.3 is 5.97 Å². The van der Waals surface area contributed by atoms with Crippen LogP contribution in [0.2, 0.25) is 0 Å². The lowest BCUT2D eigenvalue weighted by atomic mass is 9.95. The van der Waals surface area contributed by atoms with Crippen LogP contribution in [0.5, 0.6) is 0 Å². The Morgan fingerprint density at radius 3 is 2.29 bits per heavy atom. The number of carboxylic acid groups (broad SMARTS) is 1. The molecule has 1 aliphatic rings. The molecule has 1 saturated carbocycles. The molecular weight excluding hydrogens is 244 g/mol. The summed E-state index contributed by atoms with van der Waals surface area (Å²) in [5, 5.41) is 9.89. The smallest absolute Gasteiger partial charge is 0.314 e. The summed E-state index contributed by atoms with van der Waals surface area (Å²) in [6, 6.07) is 7.82. The predicted octanol–water partition coefficient (Wildman–Crippen LogP) is 2.70. The summed E-state index contributed by atoms with van der Waals surface area (Å²) in [7, 11) is 0. The summed E-state index contributed by atoms with van der Waals surface area (Å²) in [5.41, 5.74) is 1.55. The first kappa shape index (κ1) is 9.71. The number of hydrogen-bond donors (Lipinski definition) is 1. The van der Waals surface area contributed by atoms with Gasteiger partial charge in [0, 0.05) is 5.33 Å². The molecule has 0 spiro atoms. The largest absolute Gasteiger partial charge is 0.481 e. The number of carbonyl (C=O) groups is 1. The molecule has 2 nitrogen and oxygen atoms in total. The van der Waals surface area contributed by atoms with Gasteiger partial charge in [-0.25, -0.2) is 0 Å². The molecule has 1 N–H and O–H groups in total. The van der Waals surface area contributed by atoms with E-state index < -0.39 is 11.4 Å². The summed E-state index contributed by atoms with van der Waals surface area (Å²) < 4.78 is 0. The lowest BCUT2D eigenvalue weighted by molar-refractivity contribution is -0.140. The molecule has 1 aromatic carbocycles. The van der Waals surface area contributed by atoms with E-state index in [9.17, 15) is 4.79 Å². The van der Waals surface area contributed by atoms with Gasteiger partial charge in [0.15, 0.2) is 0 Å². The van der Waals surface area contributed by atoms with Crippen LogP contribution in [-0.4, -0.2) is 11.1 Å². The minimum atomic E-state index is -0.691.